The van der Waals surface area contributed by atoms with Crippen molar-refractivity contribution in [2.45, 2.75) is 52.6 Å². The minimum atomic E-state index is -3.80. The Morgan fingerprint density at radius 1 is 0.897 bits per heavy atom. The molecule has 208 valence electrons. The first-order chi connectivity index (χ1) is 18.6. The van der Waals surface area contributed by atoms with Gasteiger partial charge >= 0.3 is 0 Å². The molecule has 0 aliphatic carbocycles. The number of hydrogen-bond donors (Lipinski definition) is 1. The molecule has 0 aliphatic rings. The predicted octanol–water partition coefficient (Wildman–Crippen LogP) is 4.63. The third-order valence-corrected chi connectivity index (χ3v) is 7.74. The highest BCUT2D eigenvalue weighted by molar-refractivity contribution is 7.92. The normalized spacial score (nSPS) is 12.0. The number of carbonyl (C=O) groups excluding carboxylic acids is 2. The fraction of sp³-hybridized carbons (Fsp3) is 0.355. The van der Waals surface area contributed by atoms with E-state index < -0.39 is 28.5 Å². The maximum absolute atomic E-state index is 14.1. The van der Waals surface area contributed by atoms with Gasteiger partial charge < -0.3 is 10.2 Å². The van der Waals surface area contributed by atoms with E-state index in [0.29, 0.717) is 18.7 Å². The van der Waals surface area contributed by atoms with Crippen molar-refractivity contribution in [3.8, 4) is 0 Å². The third kappa shape index (κ3) is 8.68. The molecule has 1 atom stereocenters. The van der Waals surface area contributed by atoms with Gasteiger partial charge in [0.15, 0.2) is 0 Å². The van der Waals surface area contributed by atoms with Gasteiger partial charge in [-0.1, -0.05) is 86.1 Å². The first-order valence-electron chi connectivity index (χ1n) is 13.3. The molecule has 2 amide bonds. The van der Waals surface area contributed by atoms with Crippen molar-refractivity contribution in [3.63, 3.8) is 0 Å². The van der Waals surface area contributed by atoms with E-state index in [-0.39, 0.29) is 12.5 Å². The molecule has 0 spiro atoms. The molecule has 0 radical (unpaired) electrons. The van der Waals surface area contributed by atoms with Crippen LogP contribution in [0.1, 0.15) is 42.0 Å². The lowest BCUT2D eigenvalue weighted by Crippen LogP contribution is -2.53. The molecule has 0 saturated heterocycles. The Kier molecular flexibility index (Phi) is 10.7. The fourth-order valence-corrected chi connectivity index (χ4v) is 5.32. The summed E-state index contributed by atoms with van der Waals surface area (Å²) in [6.45, 7) is 6.01. The highest BCUT2D eigenvalue weighted by Gasteiger charge is 2.33. The summed E-state index contributed by atoms with van der Waals surface area (Å²) in [5.74, 6) is -0.703. The Morgan fingerprint density at radius 3 is 2.10 bits per heavy atom. The van der Waals surface area contributed by atoms with Crippen molar-refractivity contribution in [2.24, 2.45) is 0 Å². The molecule has 1 N–H and O–H groups in total. The highest BCUT2D eigenvalue weighted by atomic mass is 32.2. The molecule has 0 bridgehead atoms. The van der Waals surface area contributed by atoms with E-state index in [1.54, 1.807) is 6.07 Å². The predicted molar refractivity (Wildman–Crippen MR) is 157 cm³/mol. The van der Waals surface area contributed by atoms with Crippen molar-refractivity contribution >= 4 is 27.5 Å². The van der Waals surface area contributed by atoms with Gasteiger partial charge in [0.2, 0.25) is 21.8 Å². The van der Waals surface area contributed by atoms with E-state index in [1.165, 1.54) is 4.90 Å². The molecule has 3 rings (SSSR count). The maximum Gasteiger partial charge on any atom is 0.244 e. The summed E-state index contributed by atoms with van der Waals surface area (Å²) in [5, 5.41) is 2.99. The van der Waals surface area contributed by atoms with Gasteiger partial charge in [-0.25, -0.2) is 8.42 Å². The average molecular weight is 550 g/mol. The second-order valence-electron chi connectivity index (χ2n) is 9.92. The number of nitrogens with zero attached hydrogens (tertiary/aromatic N) is 2. The molecule has 0 fully saturated rings. The smallest absolute Gasteiger partial charge is 0.244 e. The number of carbonyl (C=O) groups is 2. The number of amides is 2. The van der Waals surface area contributed by atoms with Crippen LogP contribution >= 0.6 is 0 Å². The Balaban J connectivity index is 2.04. The standard InChI is InChI=1S/C31H39N3O4S/c1-5-6-19-32-31(36)29(21-26-13-9-7-10-14-26)33(22-27-15-11-8-12-16-27)30(35)23-34(39(4,37)38)28-20-24(2)17-18-25(28)3/h7-18,20,29H,5-6,19,21-23H2,1-4H3,(H,32,36). The molecule has 3 aromatic carbocycles. The number of nitrogens with one attached hydrogen (secondary N) is 1. The average Bonchev–Trinajstić information content (AvgIpc) is 2.91. The molecule has 3 aromatic rings. The number of anilines is 1. The number of rotatable bonds is 13. The van der Waals surface area contributed by atoms with E-state index in [9.17, 15) is 18.0 Å². The largest absolute Gasteiger partial charge is 0.354 e. The van der Waals surface area contributed by atoms with Crippen LogP contribution in [0.25, 0.3) is 0 Å². The number of hydrogen-bond acceptors (Lipinski definition) is 4. The summed E-state index contributed by atoms with van der Waals surface area (Å²) < 4.78 is 27.1. The SMILES string of the molecule is CCCCNC(=O)C(Cc1ccccc1)N(Cc1ccccc1)C(=O)CN(c1cc(C)ccc1C)S(C)(=O)=O. The van der Waals surface area contributed by atoms with E-state index in [0.717, 1.165) is 45.7 Å². The lowest BCUT2D eigenvalue weighted by atomic mass is 10.0. The van der Waals surface area contributed by atoms with Gasteiger partial charge in [0.25, 0.3) is 0 Å². The molecular weight excluding hydrogens is 510 g/mol. The zero-order valence-electron chi connectivity index (χ0n) is 23.3. The lowest BCUT2D eigenvalue weighted by Gasteiger charge is -2.34. The highest BCUT2D eigenvalue weighted by Crippen LogP contribution is 2.25. The minimum Gasteiger partial charge on any atom is -0.354 e. The fourth-order valence-electron chi connectivity index (χ4n) is 4.42. The molecule has 0 aliphatic heterocycles. The quantitative estimate of drug-likeness (QED) is 0.315. The van der Waals surface area contributed by atoms with Gasteiger partial charge in [0.1, 0.15) is 12.6 Å². The first kappa shape index (κ1) is 29.9. The van der Waals surface area contributed by atoms with Crippen molar-refractivity contribution in [1.82, 2.24) is 10.2 Å². The molecule has 7 nitrogen and oxygen atoms in total. The van der Waals surface area contributed by atoms with Crippen LogP contribution in [0.5, 0.6) is 0 Å². The summed E-state index contributed by atoms with van der Waals surface area (Å²) in [4.78, 5) is 29.2. The summed E-state index contributed by atoms with van der Waals surface area (Å²) in [6, 6.07) is 23.7. The Morgan fingerprint density at radius 2 is 1.51 bits per heavy atom. The van der Waals surface area contributed by atoms with Crippen molar-refractivity contribution in [1.29, 1.82) is 0 Å². The minimum absolute atomic E-state index is 0.169. The Hall–Kier alpha value is -3.65. The van der Waals surface area contributed by atoms with Crippen LogP contribution in [-0.4, -0.2) is 50.5 Å². The van der Waals surface area contributed by atoms with Crippen molar-refractivity contribution in [2.75, 3.05) is 23.7 Å². The lowest BCUT2D eigenvalue weighted by molar-refractivity contribution is -0.140. The molecular formula is C31H39N3O4S. The maximum atomic E-state index is 14.1. The van der Waals surface area contributed by atoms with E-state index >= 15 is 0 Å². The van der Waals surface area contributed by atoms with E-state index in [4.69, 9.17) is 0 Å². The van der Waals surface area contributed by atoms with Gasteiger partial charge in [-0.2, -0.15) is 0 Å². The third-order valence-electron chi connectivity index (χ3n) is 6.61. The number of unbranched alkanes of at least 4 members (excludes halogenated alkanes) is 1. The van der Waals surface area contributed by atoms with Crippen LogP contribution in [0.2, 0.25) is 0 Å². The molecule has 0 aromatic heterocycles. The van der Waals surface area contributed by atoms with Crippen LogP contribution in [0.4, 0.5) is 5.69 Å². The van der Waals surface area contributed by atoms with Gasteiger partial charge in [-0.3, -0.25) is 13.9 Å². The first-order valence-corrected chi connectivity index (χ1v) is 15.1. The zero-order valence-corrected chi connectivity index (χ0v) is 24.1. The van der Waals surface area contributed by atoms with Crippen molar-refractivity contribution < 1.29 is 18.0 Å². The number of aryl methyl sites for hydroxylation is 2. The van der Waals surface area contributed by atoms with Crippen LogP contribution in [0.3, 0.4) is 0 Å². The van der Waals surface area contributed by atoms with Crippen LogP contribution in [-0.2, 0) is 32.6 Å². The Labute approximate surface area is 232 Å². The Bertz CT molecular complexity index is 1340. The molecule has 39 heavy (non-hydrogen) atoms. The summed E-state index contributed by atoms with van der Waals surface area (Å²) >= 11 is 0. The zero-order chi connectivity index (χ0) is 28.4. The molecule has 0 saturated carbocycles. The van der Waals surface area contributed by atoms with Crippen LogP contribution in [0, 0.1) is 13.8 Å². The second-order valence-corrected chi connectivity index (χ2v) is 11.8. The van der Waals surface area contributed by atoms with Crippen molar-refractivity contribution in [3.05, 3.63) is 101 Å². The summed E-state index contributed by atoms with van der Waals surface area (Å²) in [7, 11) is -3.80. The molecule has 8 heteroatoms. The van der Waals surface area contributed by atoms with E-state index in [1.807, 2.05) is 93.6 Å². The second kappa shape index (κ2) is 13.9. The monoisotopic (exact) mass is 549 g/mol. The van der Waals surface area contributed by atoms with Gasteiger partial charge in [0.05, 0.1) is 11.9 Å². The number of benzene rings is 3. The van der Waals surface area contributed by atoms with Gasteiger partial charge in [-0.05, 0) is 48.6 Å². The van der Waals surface area contributed by atoms with E-state index in [2.05, 4.69) is 5.32 Å². The molecule has 1 unspecified atom stereocenters. The summed E-state index contributed by atoms with van der Waals surface area (Å²) in [5.41, 5.74) is 3.84. The summed E-state index contributed by atoms with van der Waals surface area (Å²) in [6.07, 6.45) is 3.16. The number of sulfonamides is 1. The topological polar surface area (TPSA) is 86.8 Å². The van der Waals surface area contributed by atoms with Gasteiger partial charge in [0, 0.05) is 19.5 Å². The van der Waals surface area contributed by atoms with Crippen LogP contribution < -0.4 is 9.62 Å². The van der Waals surface area contributed by atoms with Crippen LogP contribution in [0.15, 0.2) is 78.9 Å². The van der Waals surface area contributed by atoms with Gasteiger partial charge in [-0.15, -0.1) is 0 Å². The molecule has 0 heterocycles.